The molecule has 0 aliphatic carbocycles. The minimum atomic E-state index is -0.432. The Kier molecular flexibility index (Phi) is 4.38. The summed E-state index contributed by atoms with van der Waals surface area (Å²) in [7, 11) is 0. The van der Waals surface area contributed by atoms with Crippen molar-refractivity contribution < 1.29 is 14.3 Å². The summed E-state index contributed by atoms with van der Waals surface area (Å²) >= 11 is 0. The molecule has 0 unspecified atom stereocenters. The zero-order valence-corrected chi connectivity index (χ0v) is 14.2. The molecule has 0 N–H and O–H groups in total. The number of carbonyl (C=O) groups is 2. The van der Waals surface area contributed by atoms with E-state index in [0.717, 1.165) is 22.4 Å². The molecule has 1 aliphatic rings. The standard InChI is InChI=1S/C20H21NO3/c1-13-5-4-6-17(8-13)21-12-16(11-19(21)22)20(23)24-18-9-14(2)7-15(3)10-18/h4-10,16H,11-12H2,1-3H3/t16-/m0/s1. The van der Waals surface area contributed by atoms with Crippen molar-refractivity contribution in [2.75, 3.05) is 11.4 Å². The maximum Gasteiger partial charge on any atom is 0.316 e. The number of hydrogen-bond acceptors (Lipinski definition) is 3. The maximum absolute atomic E-state index is 12.4. The predicted molar refractivity (Wildman–Crippen MR) is 93.2 cm³/mol. The number of amides is 1. The summed E-state index contributed by atoms with van der Waals surface area (Å²) in [6.45, 7) is 6.27. The fourth-order valence-electron chi connectivity index (χ4n) is 3.10. The molecule has 1 fully saturated rings. The zero-order valence-electron chi connectivity index (χ0n) is 14.2. The molecular formula is C20H21NO3. The molecule has 2 aromatic rings. The number of benzene rings is 2. The van der Waals surface area contributed by atoms with Gasteiger partial charge in [-0.15, -0.1) is 0 Å². The summed E-state index contributed by atoms with van der Waals surface area (Å²) in [5.74, 6) is -0.274. The Morgan fingerprint density at radius 2 is 1.75 bits per heavy atom. The van der Waals surface area contributed by atoms with Crippen LogP contribution < -0.4 is 9.64 Å². The largest absolute Gasteiger partial charge is 0.426 e. The van der Waals surface area contributed by atoms with E-state index in [2.05, 4.69) is 0 Å². The SMILES string of the molecule is Cc1cc(C)cc(OC(=O)[C@H]2CC(=O)N(c3cccc(C)c3)C2)c1. The summed E-state index contributed by atoms with van der Waals surface area (Å²) in [5.41, 5.74) is 4.01. The monoisotopic (exact) mass is 323 g/mol. The Morgan fingerprint density at radius 3 is 2.42 bits per heavy atom. The molecule has 1 saturated heterocycles. The fourth-order valence-corrected chi connectivity index (χ4v) is 3.10. The van der Waals surface area contributed by atoms with Crippen molar-refractivity contribution in [2.45, 2.75) is 27.2 Å². The highest BCUT2D eigenvalue weighted by Gasteiger charge is 2.36. The first-order chi connectivity index (χ1) is 11.4. The molecule has 0 bridgehead atoms. The Morgan fingerprint density at radius 1 is 1.04 bits per heavy atom. The number of nitrogens with zero attached hydrogens (tertiary/aromatic N) is 1. The Balaban J connectivity index is 1.72. The molecular weight excluding hydrogens is 302 g/mol. The molecule has 2 aromatic carbocycles. The first kappa shape index (κ1) is 16.2. The lowest BCUT2D eigenvalue weighted by Crippen LogP contribution is -2.27. The molecule has 1 amide bonds. The van der Waals surface area contributed by atoms with Gasteiger partial charge in [0.2, 0.25) is 5.91 Å². The minimum Gasteiger partial charge on any atom is -0.426 e. The van der Waals surface area contributed by atoms with Crippen molar-refractivity contribution in [1.82, 2.24) is 0 Å². The van der Waals surface area contributed by atoms with Crippen LogP contribution in [0.25, 0.3) is 0 Å². The van der Waals surface area contributed by atoms with Crippen LogP contribution in [0.1, 0.15) is 23.1 Å². The van der Waals surface area contributed by atoms with E-state index in [-0.39, 0.29) is 18.3 Å². The van der Waals surface area contributed by atoms with Gasteiger partial charge in [-0.3, -0.25) is 9.59 Å². The minimum absolute atomic E-state index is 0.0389. The summed E-state index contributed by atoms with van der Waals surface area (Å²) in [6.07, 6.45) is 0.192. The van der Waals surface area contributed by atoms with Crippen LogP contribution in [0.2, 0.25) is 0 Å². The van der Waals surface area contributed by atoms with Gasteiger partial charge in [0.1, 0.15) is 5.75 Å². The second-order valence-electron chi connectivity index (χ2n) is 6.49. The lowest BCUT2D eigenvalue weighted by atomic mass is 10.1. The van der Waals surface area contributed by atoms with Gasteiger partial charge in [-0.05, 0) is 61.7 Å². The topological polar surface area (TPSA) is 46.6 Å². The van der Waals surface area contributed by atoms with Gasteiger partial charge in [-0.1, -0.05) is 18.2 Å². The third-order valence-corrected chi connectivity index (χ3v) is 4.19. The highest BCUT2D eigenvalue weighted by molar-refractivity contribution is 5.99. The summed E-state index contributed by atoms with van der Waals surface area (Å²) in [6, 6.07) is 13.4. The van der Waals surface area contributed by atoms with Gasteiger partial charge < -0.3 is 9.64 Å². The number of aryl methyl sites for hydroxylation is 3. The first-order valence-electron chi connectivity index (χ1n) is 8.09. The number of ether oxygens (including phenoxy) is 1. The van der Waals surface area contributed by atoms with Gasteiger partial charge in [-0.25, -0.2) is 0 Å². The van der Waals surface area contributed by atoms with Crippen LogP contribution in [0.3, 0.4) is 0 Å². The molecule has 124 valence electrons. The molecule has 3 rings (SSSR count). The zero-order chi connectivity index (χ0) is 17.3. The molecule has 0 spiro atoms. The Hall–Kier alpha value is -2.62. The van der Waals surface area contributed by atoms with Crippen molar-refractivity contribution in [1.29, 1.82) is 0 Å². The highest BCUT2D eigenvalue weighted by atomic mass is 16.5. The van der Waals surface area contributed by atoms with Crippen LogP contribution in [0.15, 0.2) is 42.5 Å². The molecule has 1 heterocycles. The van der Waals surface area contributed by atoms with Gasteiger partial charge in [0.05, 0.1) is 5.92 Å². The third kappa shape index (κ3) is 3.48. The van der Waals surface area contributed by atoms with Gasteiger partial charge in [-0.2, -0.15) is 0 Å². The molecule has 1 aliphatic heterocycles. The molecule has 0 saturated carbocycles. The van der Waals surface area contributed by atoms with Crippen molar-refractivity contribution in [3.05, 3.63) is 59.2 Å². The van der Waals surface area contributed by atoms with Crippen LogP contribution in [0, 0.1) is 26.7 Å². The van der Waals surface area contributed by atoms with Gasteiger partial charge in [0.25, 0.3) is 0 Å². The van der Waals surface area contributed by atoms with Crippen molar-refractivity contribution in [3.8, 4) is 5.75 Å². The van der Waals surface area contributed by atoms with E-state index in [0.29, 0.717) is 12.3 Å². The van der Waals surface area contributed by atoms with Crippen LogP contribution in [-0.4, -0.2) is 18.4 Å². The van der Waals surface area contributed by atoms with Gasteiger partial charge in [0, 0.05) is 18.7 Å². The average Bonchev–Trinajstić information content (AvgIpc) is 2.88. The lowest BCUT2D eigenvalue weighted by molar-refractivity contribution is -0.139. The lowest BCUT2D eigenvalue weighted by Gasteiger charge is -2.17. The number of carbonyl (C=O) groups excluding carboxylic acids is 2. The number of rotatable bonds is 3. The van der Waals surface area contributed by atoms with E-state index >= 15 is 0 Å². The molecule has 4 heteroatoms. The molecule has 4 nitrogen and oxygen atoms in total. The smallest absolute Gasteiger partial charge is 0.316 e. The fraction of sp³-hybridized carbons (Fsp3) is 0.300. The van der Waals surface area contributed by atoms with E-state index in [1.54, 1.807) is 4.90 Å². The molecule has 24 heavy (non-hydrogen) atoms. The van der Waals surface area contributed by atoms with Crippen LogP contribution >= 0.6 is 0 Å². The van der Waals surface area contributed by atoms with Crippen LogP contribution in [-0.2, 0) is 9.59 Å². The van der Waals surface area contributed by atoms with E-state index in [1.165, 1.54) is 0 Å². The van der Waals surface area contributed by atoms with E-state index in [1.807, 2.05) is 63.2 Å². The maximum atomic E-state index is 12.4. The van der Waals surface area contributed by atoms with Crippen molar-refractivity contribution in [2.24, 2.45) is 5.92 Å². The molecule has 0 aromatic heterocycles. The average molecular weight is 323 g/mol. The van der Waals surface area contributed by atoms with Crippen molar-refractivity contribution in [3.63, 3.8) is 0 Å². The molecule has 0 radical (unpaired) electrons. The highest BCUT2D eigenvalue weighted by Crippen LogP contribution is 2.27. The van der Waals surface area contributed by atoms with Gasteiger partial charge in [0.15, 0.2) is 0 Å². The summed E-state index contributed by atoms with van der Waals surface area (Å²) < 4.78 is 5.50. The quantitative estimate of drug-likeness (QED) is 0.641. The summed E-state index contributed by atoms with van der Waals surface area (Å²) in [4.78, 5) is 26.4. The van der Waals surface area contributed by atoms with Crippen LogP contribution in [0.5, 0.6) is 5.75 Å². The third-order valence-electron chi connectivity index (χ3n) is 4.19. The van der Waals surface area contributed by atoms with Gasteiger partial charge >= 0.3 is 5.97 Å². The van der Waals surface area contributed by atoms with Crippen LogP contribution in [0.4, 0.5) is 5.69 Å². The summed E-state index contributed by atoms with van der Waals surface area (Å²) in [5, 5.41) is 0. The Bertz CT molecular complexity index is 777. The second kappa shape index (κ2) is 6.48. The number of esters is 1. The van der Waals surface area contributed by atoms with E-state index < -0.39 is 5.92 Å². The van der Waals surface area contributed by atoms with E-state index in [9.17, 15) is 9.59 Å². The second-order valence-corrected chi connectivity index (χ2v) is 6.49. The number of anilines is 1. The van der Waals surface area contributed by atoms with Crippen molar-refractivity contribution >= 4 is 17.6 Å². The number of hydrogen-bond donors (Lipinski definition) is 0. The molecule has 1 atom stereocenters. The first-order valence-corrected chi connectivity index (χ1v) is 8.09. The van der Waals surface area contributed by atoms with E-state index in [4.69, 9.17) is 4.74 Å². The Labute approximate surface area is 142 Å². The normalized spacial score (nSPS) is 17.2. The predicted octanol–water partition coefficient (Wildman–Crippen LogP) is 3.57.